The summed E-state index contributed by atoms with van der Waals surface area (Å²) in [4.78, 5) is 28.5. The molecule has 0 fully saturated rings. The molecular weight excluding hydrogens is 610 g/mol. The summed E-state index contributed by atoms with van der Waals surface area (Å²) in [7, 11) is 0. The fourth-order valence-corrected chi connectivity index (χ4v) is 5.99. The first-order valence-electron chi connectivity index (χ1n) is 16.4. The number of amides is 2. The van der Waals surface area contributed by atoms with Gasteiger partial charge in [0.05, 0.1) is 37.0 Å². The highest BCUT2D eigenvalue weighted by Crippen LogP contribution is 2.37. The topological polar surface area (TPSA) is 139 Å². The van der Waals surface area contributed by atoms with Gasteiger partial charge in [-0.05, 0) is 68.0 Å². The first-order chi connectivity index (χ1) is 23.1. The maximum atomic E-state index is 14.1. The number of aromatic nitrogens is 3. The molecule has 1 aromatic heterocycles. The van der Waals surface area contributed by atoms with Crippen LogP contribution >= 0.6 is 0 Å². The number of aliphatic hydroxyl groups excluding tert-OH is 2. The van der Waals surface area contributed by atoms with Gasteiger partial charge in [0.2, 0.25) is 5.91 Å². The van der Waals surface area contributed by atoms with Crippen molar-refractivity contribution in [1.82, 2.24) is 25.2 Å². The molecule has 0 radical (unpaired) electrons. The summed E-state index contributed by atoms with van der Waals surface area (Å²) < 4.78 is 13.0. The van der Waals surface area contributed by atoms with Crippen molar-refractivity contribution in [3.8, 4) is 5.75 Å². The van der Waals surface area contributed by atoms with Crippen molar-refractivity contribution in [2.75, 3.05) is 6.61 Å². The van der Waals surface area contributed by atoms with Gasteiger partial charge in [-0.1, -0.05) is 71.9 Å². The predicted octanol–water partition coefficient (Wildman–Crippen LogP) is 4.62. The molecular formula is C37H45N5O6. The number of carbonyl (C=O) groups excluding carboxylic acids is 2. The lowest BCUT2D eigenvalue weighted by Crippen LogP contribution is -2.47. The standard InChI is InChI=1S/C37H45N5O6/c1-37(2,3)48-36(46)39-31(23-26-9-5-4-6-10-26)32(43)17-18-34(45)42(35-30-12-8-7-11-28(30)24-33(35)44)25-27-13-15-29(16-14-27)47-22-21-41-20-19-38-40-41/h4-16,19-20,31-33,35,43-44H,17-18,21-25H2,1-3H3,(H,39,46)/t31-,32-,33+,35-/m0/s1. The van der Waals surface area contributed by atoms with Crippen molar-refractivity contribution >= 4 is 12.0 Å². The van der Waals surface area contributed by atoms with E-state index in [0.29, 0.717) is 31.7 Å². The number of alkyl carbamates (subject to hydrolysis) is 1. The Morgan fingerprint density at radius 2 is 1.75 bits per heavy atom. The zero-order chi connectivity index (χ0) is 34.1. The highest BCUT2D eigenvalue weighted by molar-refractivity contribution is 5.77. The van der Waals surface area contributed by atoms with Gasteiger partial charge in [0.1, 0.15) is 18.0 Å². The summed E-state index contributed by atoms with van der Waals surface area (Å²) in [5.41, 5.74) is 3.03. The van der Waals surface area contributed by atoms with Crippen molar-refractivity contribution in [2.45, 2.75) is 89.4 Å². The number of fused-ring (bicyclic) bond motifs is 1. The smallest absolute Gasteiger partial charge is 0.407 e. The molecule has 0 aliphatic heterocycles. The van der Waals surface area contributed by atoms with Crippen LogP contribution in [0.1, 0.15) is 61.9 Å². The van der Waals surface area contributed by atoms with Crippen LogP contribution in [0.2, 0.25) is 0 Å². The summed E-state index contributed by atoms with van der Waals surface area (Å²) in [6.07, 6.45) is 1.88. The van der Waals surface area contributed by atoms with Crippen LogP contribution < -0.4 is 10.1 Å². The van der Waals surface area contributed by atoms with Crippen molar-refractivity contribution in [2.24, 2.45) is 0 Å². The average Bonchev–Trinajstić information content (AvgIpc) is 3.69. The monoisotopic (exact) mass is 655 g/mol. The molecule has 254 valence electrons. The lowest BCUT2D eigenvalue weighted by molar-refractivity contribution is -0.137. The molecule has 4 atom stereocenters. The molecule has 2 amide bonds. The molecule has 0 saturated heterocycles. The van der Waals surface area contributed by atoms with Crippen LogP contribution in [0.5, 0.6) is 5.75 Å². The Kier molecular flexibility index (Phi) is 11.5. The summed E-state index contributed by atoms with van der Waals surface area (Å²) in [5, 5.41) is 33.1. The van der Waals surface area contributed by atoms with Gasteiger partial charge in [-0.15, -0.1) is 5.10 Å². The van der Waals surface area contributed by atoms with Gasteiger partial charge in [0.25, 0.3) is 0 Å². The van der Waals surface area contributed by atoms with E-state index in [4.69, 9.17) is 9.47 Å². The quantitative estimate of drug-likeness (QED) is 0.179. The van der Waals surface area contributed by atoms with Crippen molar-refractivity contribution < 1.29 is 29.3 Å². The van der Waals surface area contributed by atoms with Crippen LogP contribution in [0.3, 0.4) is 0 Å². The summed E-state index contributed by atoms with van der Waals surface area (Å²) in [6, 6.07) is 23.7. The Balaban J connectivity index is 1.29. The number of benzene rings is 3. The van der Waals surface area contributed by atoms with Crippen LogP contribution in [-0.2, 0) is 35.5 Å². The number of hydrogen-bond acceptors (Lipinski definition) is 8. The minimum absolute atomic E-state index is 0.0112. The number of ether oxygens (including phenoxy) is 2. The minimum atomic E-state index is -1.03. The fraction of sp³-hybridized carbons (Fsp3) is 0.405. The van der Waals surface area contributed by atoms with E-state index in [0.717, 1.165) is 22.3 Å². The number of carbonyl (C=O) groups is 2. The molecule has 48 heavy (non-hydrogen) atoms. The Morgan fingerprint density at radius 3 is 2.46 bits per heavy atom. The highest BCUT2D eigenvalue weighted by Gasteiger charge is 2.38. The average molecular weight is 656 g/mol. The maximum Gasteiger partial charge on any atom is 0.407 e. The SMILES string of the molecule is CC(C)(C)OC(=O)N[C@@H](Cc1ccccc1)[C@@H](O)CCC(=O)N(Cc1ccc(OCCn2ccnn2)cc1)[C@H]1c2ccccc2C[C@H]1O. The number of aliphatic hydroxyl groups is 2. The second kappa shape index (κ2) is 15.9. The van der Waals surface area contributed by atoms with Crippen molar-refractivity contribution in [3.63, 3.8) is 0 Å². The van der Waals surface area contributed by atoms with Crippen LogP contribution in [0.25, 0.3) is 0 Å². The largest absolute Gasteiger partial charge is 0.492 e. The first-order valence-corrected chi connectivity index (χ1v) is 16.4. The molecule has 11 heteroatoms. The van der Waals surface area contributed by atoms with Crippen LogP contribution in [-0.4, -0.2) is 72.6 Å². The number of nitrogens with one attached hydrogen (secondary N) is 1. The van der Waals surface area contributed by atoms with Gasteiger partial charge in [0.15, 0.2) is 0 Å². The van der Waals surface area contributed by atoms with Crippen LogP contribution in [0.15, 0.2) is 91.3 Å². The minimum Gasteiger partial charge on any atom is -0.492 e. The second-order valence-corrected chi connectivity index (χ2v) is 13.1. The molecule has 4 aromatic rings. The molecule has 0 saturated carbocycles. The van der Waals surface area contributed by atoms with Crippen LogP contribution in [0.4, 0.5) is 4.79 Å². The third-order valence-electron chi connectivity index (χ3n) is 8.28. The highest BCUT2D eigenvalue weighted by atomic mass is 16.6. The maximum absolute atomic E-state index is 14.1. The van der Waals surface area contributed by atoms with E-state index in [-0.39, 0.29) is 25.3 Å². The van der Waals surface area contributed by atoms with Gasteiger partial charge in [-0.2, -0.15) is 0 Å². The van der Waals surface area contributed by atoms with E-state index in [9.17, 15) is 19.8 Å². The molecule has 3 N–H and O–H groups in total. The molecule has 1 heterocycles. The van der Waals surface area contributed by atoms with Gasteiger partial charge in [-0.25, -0.2) is 9.48 Å². The van der Waals surface area contributed by atoms with Gasteiger partial charge >= 0.3 is 6.09 Å². The van der Waals surface area contributed by atoms with E-state index in [1.807, 2.05) is 78.9 Å². The van der Waals surface area contributed by atoms with Gasteiger partial charge in [-0.3, -0.25) is 4.79 Å². The normalized spacial score (nSPS) is 16.9. The lowest BCUT2D eigenvalue weighted by atomic mass is 9.97. The van der Waals surface area contributed by atoms with Gasteiger partial charge < -0.3 is 29.9 Å². The number of nitrogens with zero attached hydrogens (tertiary/aromatic N) is 4. The summed E-state index contributed by atoms with van der Waals surface area (Å²) >= 11 is 0. The van der Waals surface area contributed by atoms with E-state index in [1.165, 1.54) is 0 Å². The van der Waals surface area contributed by atoms with Crippen molar-refractivity contribution in [3.05, 3.63) is 114 Å². The molecule has 3 aromatic carbocycles. The van der Waals surface area contributed by atoms with E-state index < -0.39 is 36.0 Å². The Hall–Kier alpha value is -4.74. The fourth-order valence-electron chi connectivity index (χ4n) is 5.99. The Bertz CT molecular complexity index is 1610. The number of rotatable bonds is 14. The molecule has 0 spiro atoms. The second-order valence-electron chi connectivity index (χ2n) is 13.1. The molecule has 5 rings (SSSR count). The third-order valence-corrected chi connectivity index (χ3v) is 8.28. The molecule has 0 unspecified atom stereocenters. The summed E-state index contributed by atoms with van der Waals surface area (Å²) in [5.74, 6) is 0.478. The van der Waals surface area contributed by atoms with Gasteiger partial charge in [0, 0.05) is 25.6 Å². The number of hydrogen-bond donors (Lipinski definition) is 3. The Labute approximate surface area is 281 Å². The van der Waals surface area contributed by atoms with E-state index in [2.05, 4.69) is 15.6 Å². The molecule has 11 nitrogen and oxygen atoms in total. The Morgan fingerprint density at radius 1 is 1.02 bits per heavy atom. The molecule has 1 aliphatic carbocycles. The zero-order valence-electron chi connectivity index (χ0n) is 27.7. The lowest BCUT2D eigenvalue weighted by Gasteiger charge is -2.33. The first kappa shape index (κ1) is 34.6. The molecule has 0 bridgehead atoms. The van der Waals surface area contributed by atoms with E-state index >= 15 is 0 Å². The molecule has 1 aliphatic rings. The van der Waals surface area contributed by atoms with E-state index in [1.54, 1.807) is 42.7 Å². The predicted molar refractivity (Wildman–Crippen MR) is 180 cm³/mol. The summed E-state index contributed by atoms with van der Waals surface area (Å²) in [6.45, 7) is 6.58. The van der Waals surface area contributed by atoms with Crippen LogP contribution in [0, 0.1) is 0 Å². The van der Waals surface area contributed by atoms with Crippen molar-refractivity contribution in [1.29, 1.82) is 0 Å². The zero-order valence-corrected chi connectivity index (χ0v) is 27.7. The third kappa shape index (κ3) is 9.65.